The summed E-state index contributed by atoms with van der Waals surface area (Å²) >= 11 is 3.26. The van der Waals surface area contributed by atoms with Crippen molar-refractivity contribution >= 4 is 26.0 Å². The fraction of sp³-hybridized carbons (Fsp3) is 0.455. The molecule has 0 amide bonds. The van der Waals surface area contributed by atoms with Gasteiger partial charge in [-0.25, -0.2) is 17.5 Å². The summed E-state index contributed by atoms with van der Waals surface area (Å²) in [6.45, 7) is 0.756. The van der Waals surface area contributed by atoms with Crippen LogP contribution in [0.2, 0.25) is 0 Å². The number of rotatable bonds is 4. The van der Waals surface area contributed by atoms with Gasteiger partial charge in [0, 0.05) is 17.6 Å². The Kier molecular flexibility index (Phi) is 4.37. The van der Waals surface area contributed by atoms with E-state index in [1.54, 1.807) is 6.07 Å². The number of hydrogen-bond acceptors (Lipinski definition) is 3. The van der Waals surface area contributed by atoms with E-state index in [1.165, 1.54) is 12.1 Å². The summed E-state index contributed by atoms with van der Waals surface area (Å²) in [5.41, 5.74) is 0.567. The highest BCUT2D eigenvalue weighted by atomic mass is 79.9. The summed E-state index contributed by atoms with van der Waals surface area (Å²) in [5.74, 6) is -0.392. The minimum atomic E-state index is -3.41. The lowest BCUT2D eigenvalue weighted by atomic mass is 10.2. The Morgan fingerprint density at radius 2 is 2.28 bits per heavy atom. The molecule has 1 aromatic rings. The van der Waals surface area contributed by atoms with Gasteiger partial charge in [0.15, 0.2) is 0 Å². The second kappa shape index (κ2) is 5.64. The molecule has 100 valence electrons. The molecule has 1 atom stereocenters. The summed E-state index contributed by atoms with van der Waals surface area (Å²) in [5, 5.41) is -0.509. The lowest BCUT2D eigenvalue weighted by molar-refractivity contribution is 0.198. The van der Waals surface area contributed by atoms with E-state index in [0.29, 0.717) is 23.1 Å². The lowest BCUT2D eigenvalue weighted by Crippen LogP contribution is -2.34. The maximum atomic E-state index is 13.0. The molecule has 7 heteroatoms. The van der Waals surface area contributed by atoms with Crippen molar-refractivity contribution in [2.75, 3.05) is 13.2 Å². The maximum absolute atomic E-state index is 13.0. The highest BCUT2D eigenvalue weighted by molar-refractivity contribution is 9.10. The number of nitrogens with one attached hydrogen (secondary N) is 1. The third-order valence-corrected chi connectivity index (χ3v) is 5.37. The molecular formula is C11H13BrFNO3S. The van der Waals surface area contributed by atoms with Crippen LogP contribution in [-0.2, 0) is 21.3 Å². The topological polar surface area (TPSA) is 55.4 Å². The Hall–Kier alpha value is -0.500. The van der Waals surface area contributed by atoms with Crippen molar-refractivity contribution in [3.8, 4) is 0 Å². The van der Waals surface area contributed by atoms with Crippen molar-refractivity contribution in [1.82, 2.24) is 4.72 Å². The van der Waals surface area contributed by atoms with Crippen LogP contribution in [0, 0.1) is 5.82 Å². The number of hydrogen-bond donors (Lipinski definition) is 1. The van der Waals surface area contributed by atoms with Gasteiger partial charge in [-0.2, -0.15) is 0 Å². The minimum Gasteiger partial charge on any atom is -0.380 e. The normalized spacial score (nSPS) is 20.2. The Morgan fingerprint density at radius 3 is 2.94 bits per heavy atom. The molecule has 0 aromatic heterocycles. The fourth-order valence-electron chi connectivity index (χ4n) is 1.73. The van der Waals surface area contributed by atoms with Gasteiger partial charge in [-0.15, -0.1) is 0 Å². The van der Waals surface area contributed by atoms with Gasteiger partial charge in [0.1, 0.15) is 11.1 Å². The summed E-state index contributed by atoms with van der Waals surface area (Å²) in [6, 6.07) is 4.17. The molecule has 0 aliphatic carbocycles. The fourth-order valence-corrected chi connectivity index (χ4v) is 3.39. The van der Waals surface area contributed by atoms with Crippen molar-refractivity contribution in [3.63, 3.8) is 0 Å². The minimum absolute atomic E-state index is 0.0666. The van der Waals surface area contributed by atoms with E-state index in [-0.39, 0.29) is 13.2 Å². The Bertz CT molecular complexity index is 529. The first-order chi connectivity index (χ1) is 8.49. The third-order valence-electron chi connectivity index (χ3n) is 2.80. The molecule has 4 nitrogen and oxygen atoms in total. The van der Waals surface area contributed by atoms with Crippen LogP contribution in [-0.4, -0.2) is 26.9 Å². The van der Waals surface area contributed by atoms with E-state index >= 15 is 0 Å². The van der Waals surface area contributed by atoms with Crippen molar-refractivity contribution in [2.45, 2.75) is 18.2 Å². The first kappa shape index (κ1) is 13.9. The summed E-state index contributed by atoms with van der Waals surface area (Å²) < 4.78 is 45.1. The summed E-state index contributed by atoms with van der Waals surface area (Å²) in [4.78, 5) is 0. The zero-order chi connectivity index (χ0) is 13.2. The molecule has 1 N–H and O–H groups in total. The third kappa shape index (κ3) is 3.28. The van der Waals surface area contributed by atoms with Crippen molar-refractivity contribution in [2.24, 2.45) is 0 Å². The first-order valence-corrected chi connectivity index (χ1v) is 7.83. The maximum Gasteiger partial charge on any atom is 0.217 e. The predicted molar refractivity (Wildman–Crippen MR) is 69.1 cm³/mol. The van der Waals surface area contributed by atoms with Crippen LogP contribution < -0.4 is 4.72 Å². The average molecular weight is 338 g/mol. The molecule has 1 aliphatic rings. The molecule has 1 fully saturated rings. The molecule has 0 spiro atoms. The monoisotopic (exact) mass is 337 g/mol. The number of sulfonamides is 1. The molecular weight excluding hydrogens is 325 g/mol. The number of ether oxygens (including phenoxy) is 1. The van der Waals surface area contributed by atoms with Crippen LogP contribution >= 0.6 is 15.9 Å². The molecule has 18 heavy (non-hydrogen) atoms. The highest BCUT2D eigenvalue weighted by Crippen LogP contribution is 2.19. The van der Waals surface area contributed by atoms with Crippen LogP contribution in [0.3, 0.4) is 0 Å². The zero-order valence-corrected chi connectivity index (χ0v) is 11.9. The van der Waals surface area contributed by atoms with Crippen LogP contribution in [0.4, 0.5) is 4.39 Å². The van der Waals surface area contributed by atoms with Crippen molar-refractivity contribution in [3.05, 3.63) is 34.1 Å². The van der Waals surface area contributed by atoms with Gasteiger partial charge in [0.2, 0.25) is 10.0 Å². The summed E-state index contributed by atoms with van der Waals surface area (Å²) in [7, 11) is -3.41. The van der Waals surface area contributed by atoms with E-state index < -0.39 is 21.1 Å². The summed E-state index contributed by atoms with van der Waals surface area (Å²) in [6.07, 6.45) is 0.500. The van der Waals surface area contributed by atoms with Crippen molar-refractivity contribution in [1.29, 1.82) is 0 Å². The van der Waals surface area contributed by atoms with Gasteiger partial charge in [-0.05, 0) is 30.2 Å². The average Bonchev–Trinajstić information content (AvgIpc) is 2.85. The zero-order valence-electron chi connectivity index (χ0n) is 9.53. The molecule has 1 unspecified atom stereocenters. The second-order valence-electron chi connectivity index (χ2n) is 4.09. The van der Waals surface area contributed by atoms with E-state index in [0.717, 1.165) is 0 Å². The van der Waals surface area contributed by atoms with Gasteiger partial charge in [0.05, 0.1) is 6.61 Å². The van der Waals surface area contributed by atoms with Crippen molar-refractivity contribution < 1.29 is 17.5 Å². The molecule has 2 rings (SSSR count). The number of benzene rings is 1. The Morgan fingerprint density at radius 1 is 1.50 bits per heavy atom. The van der Waals surface area contributed by atoms with Gasteiger partial charge in [0.25, 0.3) is 0 Å². The molecule has 1 saturated heterocycles. The largest absolute Gasteiger partial charge is 0.380 e. The van der Waals surface area contributed by atoms with Crippen LogP contribution in [0.25, 0.3) is 0 Å². The molecule has 1 aliphatic heterocycles. The molecule has 0 saturated carbocycles. The Balaban J connectivity index is 2.04. The SMILES string of the molecule is O=S(=O)(NCc1cc(F)ccc1Br)C1CCOC1. The molecule has 1 aromatic carbocycles. The van der Waals surface area contributed by atoms with E-state index in [2.05, 4.69) is 20.7 Å². The Labute approximate surface area is 114 Å². The standard InChI is InChI=1S/C11H13BrFNO3S/c12-11-2-1-9(13)5-8(11)6-14-18(15,16)10-3-4-17-7-10/h1-2,5,10,14H,3-4,6-7H2. The van der Waals surface area contributed by atoms with Crippen LogP contribution in [0.5, 0.6) is 0 Å². The van der Waals surface area contributed by atoms with E-state index in [4.69, 9.17) is 4.74 Å². The predicted octanol–water partition coefficient (Wildman–Crippen LogP) is 1.80. The molecule has 0 bridgehead atoms. The quantitative estimate of drug-likeness (QED) is 0.911. The van der Waals surface area contributed by atoms with E-state index in [1.807, 2.05) is 0 Å². The van der Waals surface area contributed by atoms with Gasteiger partial charge < -0.3 is 4.74 Å². The van der Waals surface area contributed by atoms with Gasteiger partial charge in [-0.3, -0.25) is 0 Å². The van der Waals surface area contributed by atoms with E-state index in [9.17, 15) is 12.8 Å². The smallest absolute Gasteiger partial charge is 0.217 e. The van der Waals surface area contributed by atoms with Gasteiger partial charge >= 0.3 is 0 Å². The second-order valence-corrected chi connectivity index (χ2v) is 6.99. The van der Waals surface area contributed by atoms with Gasteiger partial charge in [-0.1, -0.05) is 15.9 Å². The highest BCUT2D eigenvalue weighted by Gasteiger charge is 2.29. The number of halogens is 2. The van der Waals surface area contributed by atoms with Crippen LogP contribution in [0.1, 0.15) is 12.0 Å². The first-order valence-electron chi connectivity index (χ1n) is 5.49. The molecule has 0 radical (unpaired) electrons. The molecule has 1 heterocycles. The lowest BCUT2D eigenvalue weighted by Gasteiger charge is -2.12. The van der Waals surface area contributed by atoms with Crippen LogP contribution in [0.15, 0.2) is 22.7 Å².